The zero-order valence-corrected chi connectivity index (χ0v) is 14.3. The highest BCUT2D eigenvalue weighted by Crippen LogP contribution is 2.35. The third kappa shape index (κ3) is 2.86. The Bertz CT molecular complexity index is 796. The van der Waals surface area contributed by atoms with Gasteiger partial charge in [-0.2, -0.15) is 0 Å². The molecule has 4 heteroatoms. The molecule has 116 valence electrons. The van der Waals surface area contributed by atoms with E-state index >= 15 is 0 Å². The summed E-state index contributed by atoms with van der Waals surface area (Å²) in [7, 11) is 0. The number of imide groups is 1. The van der Waals surface area contributed by atoms with Crippen LogP contribution in [0.5, 0.6) is 0 Å². The van der Waals surface area contributed by atoms with E-state index in [1.807, 2.05) is 61.5 Å². The average Bonchev–Trinajstić information content (AvgIpc) is 2.79. The summed E-state index contributed by atoms with van der Waals surface area (Å²) < 4.78 is 0.347. The fourth-order valence-electron chi connectivity index (χ4n) is 2.76. The fraction of sp³-hybridized carbons (Fsp3) is 0.158. The van der Waals surface area contributed by atoms with Gasteiger partial charge in [-0.05, 0) is 39.0 Å². The molecule has 0 aromatic heterocycles. The van der Waals surface area contributed by atoms with Crippen LogP contribution in [-0.4, -0.2) is 16.7 Å². The zero-order valence-electron chi connectivity index (χ0n) is 12.8. The number of amides is 2. The van der Waals surface area contributed by atoms with Crippen LogP contribution in [-0.2, 0) is 22.6 Å². The van der Waals surface area contributed by atoms with E-state index in [9.17, 15) is 9.59 Å². The first-order valence-electron chi connectivity index (χ1n) is 7.51. The minimum absolute atomic E-state index is 0.244. The molecule has 2 aromatic carbocycles. The lowest BCUT2D eigenvalue weighted by Gasteiger charge is -2.15. The lowest BCUT2D eigenvalue weighted by molar-refractivity contribution is -0.137. The van der Waals surface area contributed by atoms with Crippen LogP contribution >= 0.6 is 15.9 Å². The van der Waals surface area contributed by atoms with Gasteiger partial charge in [-0.15, -0.1) is 0 Å². The Morgan fingerprint density at radius 2 is 1.57 bits per heavy atom. The zero-order chi connectivity index (χ0) is 16.4. The van der Waals surface area contributed by atoms with Crippen LogP contribution < -0.4 is 0 Å². The fourth-order valence-corrected chi connectivity index (χ4v) is 3.36. The van der Waals surface area contributed by atoms with Crippen LogP contribution in [0.3, 0.4) is 0 Å². The summed E-state index contributed by atoms with van der Waals surface area (Å²) in [6, 6.07) is 17.2. The monoisotopic (exact) mass is 369 g/mol. The van der Waals surface area contributed by atoms with Crippen LogP contribution in [0.15, 0.2) is 59.1 Å². The number of aryl methyl sites for hydroxylation is 1. The van der Waals surface area contributed by atoms with E-state index in [-0.39, 0.29) is 18.4 Å². The van der Waals surface area contributed by atoms with Gasteiger partial charge < -0.3 is 0 Å². The molecule has 3 rings (SSSR count). The third-order valence-electron chi connectivity index (χ3n) is 3.96. The molecule has 2 amide bonds. The SMILES string of the molecule is CCc1ccccc1C1=C(Br)C(=O)N(Cc2ccccc2)C1=O. The molecule has 1 aliphatic rings. The molecule has 0 saturated carbocycles. The predicted octanol–water partition coefficient (Wildman–Crippen LogP) is 3.92. The molecular weight excluding hydrogens is 354 g/mol. The van der Waals surface area contributed by atoms with E-state index in [0.29, 0.717) is 10.1 Å². The van der Waals surface area contributed by atoms with Gasteiger partial charge in [-0.1, -0.05) is 61.5 Å². The Morgan fingerprint density at radius 3 is 2.26 bits per heavy atom. The summed E-state index contributed by atoms with van der Waals surface area (Å²) in [6.45, 7) is 2.32. The van der Waals surface area contributed by atoms with Gasteiger partial charge in [0.1, 0.15) is 0 Å². The van der Waals surface area contributed by atoms with Crippen LogP contribution in [0.4, 0.5) is 0 Å². The molecule has 0 saturated heterocycles. The van der Waals surface area contributed by atoms with Crippen molar-refractivity contribution in [1.82, 2.24) is 4.90 Å². The van der Waals surface area contributed by atoms with Gasteiger partial charge in [0, 0.05) is 0 Å². The average molecular weight is 370 g/mol. The maximum absolute atomic E-state index is 12.8. The van der Waals surface area contributed by atoms with Gasteiger partial charge in [0.2, 0.25) is 0 Å². The van der Waals surface area contributed by atoms with E-state index in [1.54, 1.807) is 0 Å². The first-order valence-corrected chi connectivity index (χ1v) is 8.31. The summed E-state index contributed by atoms with van der Waals surface area (Å²) in [5, 5.41) is 0. The quantitative estimate of drug-likeness (QED) is 0.765. The van der Waals surface area contributed by atoms with Crippen molar-refractivity contribution in [3.8, 4) is 0 Å². The first-order chi connectivity index (χ1) is 11.1. The lowest BCUT2D eigenvalue weighted by atomic mass is 9.98. The number of carbonyl (C=O) groups excluding carboxylic acids is 2. The maximum atomic E-state index is 12.8. The molecule has 0 atom stereocenters. The largest absolute Gasteiger partial charge is 0.269 e. The van der Waals surface area contributed by atoms with E-state index < -0.39 is 0 Å². The Morgan fingerprint density at radius 1 is 0.913 bits per heavy atom. The molecule has 0 spiro atoms. The van der Waals surface area contributed by atoms with Gasteiger partial charge in [0.25, 0.3) is 11.8 Å². The molecule has 0 unspecified atom stereocenters. The predicted molar refractivity (Wildman–Crippen MR) is 93.7 cm³/mol. The van der Waals surface area contributed by atoms with Crippen molar-refractivity contribution in [3.63, 3.8) is 0 Å². The Labute approximate surface area is 143 Å². The summed E-state index contributed by atoms with van der Waals surface area (Å²) in [5.74, 6) is -0.522. The Balaban J connectivity index is 1.97. The van der Waals surface area contributed by atoms with Crippen LogP contribution in [0, 0.1) is 0 Å². The van der Waals surface area contributed by atoms with Crippen LogP contribution in [0.1, 0.15) is 23.6 Å². The van der Waals surface area contributed by atoms with E-state index in [2.05, 4.69) is 15.9 Å². The molecule has 0 aliphatic carbocycles. The minimum atomic E-state index is -0.278. The summed E-state index contributed by atoms with van der Waals surface area (Å²) in [5.41, 5.74) is 3.28. The molecular formula is C19H16BrNO2. The summed E-state index contributed by atoms with van der Waals surface area (Å²) in [4.78, 5) is 26.6. The van der Waals surface area contributed by atoms with Gasteiger partial charge in [0.15, 0.2) is 0 Å². The standard InChI is InChI=1S/C19H16BrNO2/c1-2-14-10-6-7-11-15(14)16-17(20)19(23)21(18(16)22)12-13-8-4-3-5-9-13/h3-11H,2,12H2,1H3. The Hall–Kier alpha value is -2.20. The van der Waals surface area contributed by atoms with E-state index in [0.717, 1.165) is 23.1 Å². The van der Waals surface area contributed by atoms with Gasteiger partial charge in [-0.3, -0.25) is 14.5 Å². The Kier molecular flexibility index (Phi) is 4.44. The van der Waals surface area contributed by atoms with Crippen molar-refractivity contribution >= 4 is 33.3 Å². The highest BCUT2D eigenvalue weighted by Gasteiger charge is 2.38. The van der Waals surface area contributed by atoms with Gasteiger partial charge >= 0.3 is 0 Å². The molecule has 2 aromatic rings. The molecule has 0 radical (unpaired) electrons. The van der Waals surface area contributed by atoms with Crippen molar-refractivity contribution in [3.05, 3.63) is 75.8 Å². The smallest absolute Gasteiger partial charge is 0.268 e. The van der Waals surface area contributed by atoms with E-state index in [4.69, 9.17) is 0 Å². The van der Waals surface area contributed by atoms with Crippen molar-refractivity contribution in [2.24, 2.45) is 0 Å². The third-order valence-corrected chi connectivity index (χ3v) is 4.70. The highest BCUT2D eigenvalue weighted by molar-refractivity contribution is 9.12. The summed E-state index contributed by atoms with van der Waals surface area (Å²) >= 11 is 3.33. The van der Waals surface area contributed by atoms with E-state index in [1.165, 1.54) is 4.90 Å². The second-order valence-corrected chi connectivity index (χ2v) is 6.17. The number of nitrogens with zero attached hydrogens (tertiary/aromatic N) is 1. The molecule has 0 N–H and O–H groups in total. The molecule has 0 bridgehead atoms. The molecule has 3 nitrogen and oxygen atoms in total. The van der Waals surface area contributed by atoms with Crippen LogP contribution in [0.2, 0.25) is 0 Å². The summed E-state index contributed by atoms with van der Waals surface area (Å²) in [6.07, 6.45) is 0.806. The topological polar surface area (TPSA) is 37.4 Å². The number of hydrogen-bond donors (Lipinski definition) is 0. The normalized spacial score (nSPS) is 14.8. The van der Waals surface area contributed by atoms with Crippen molar-refractivity contribution < 1.29 is 9.59 Å². The molecule has 23 heavy (non-hydrogen) atoms. The second kappa shape index (κ2) is 6.50. The van der Waals surface area contributed by atoms with Gasteiger partial charge in [-0.25, -0.2) is 0 Å². The molecule has 1 aliphatic heterocycles. The molecule has 0 fully saturated rings. The number of benzene rings is 2. The molecule has 1 heterocycles. The van der Waals surface area contributed by atoms with Crippen LogP contribution in [0.25, 0.3) is 5.57 Å². The van der Waals surface area contributed by atoms with Crippen molar-refractivity contribution in [2.45, 2.75) is 19.9 Å². The highest BCUT2D eigenvalue weighted by atomic mass is 79.9. The van der Waals surface area contributed by atoms with Crippen molar-refractivity contribution in [1.29, 1.82) is 0 Å². The number of carbonyl (C=O) groups is 2. The lowest BCUT2D eigenvalue weighted by Crippen LogP contribution is -2.30. The number of hydrogen-bond acceptors (Lipinski definition) is 2. The maximum Gasteiger partial charge on any atom is 0.268 e. The number of rotatable bonds is 4. The number of halogens is 1. The van der Waals surface area contributed by atoms with Gasteiger partial charge in [0.05, 0.1) is 16.6 Å². The first kappa shape index (κ1) is 15.7. The minimum Gasteiger partial charge on any atom is -0.269 e. The second-order valence-electron chi connectivity index (χ2n) is 5.38. The van der Waals surface area contributed by atoms with Crippen molar-refractivity contribution in [2.75, 3.05) is 0 Å².